The molecule has 1 unspecified atom stereocenters. The molecule has 0 bridgehead atoms. The van der Waals surface area contributed by atoms with Crippen LogP contribution in [0.25, 0.3) is 10.9 Å². The molecule has 1 aliphatic heterocycles. The summed E-state index contributed by atoms with van der Waals surface area (Å²) in [6.07, 6.45) is 0.592. The van der Waals surface area contributed by atoms with Gasteiger partial charge in [0.25, 0.3) is 0 Å². The molecule has 5 nitrogen and oxygen atoms in total. The summed E-state index contributed by atoms with van der Waals surface area (Å²) in [6.45, 7) is 4.40. The van der Waals surface area contributed by atoms with Gasteiger partial charge in [0, 0.05) is 10.9 Å². The summed E-state index contributed by atoms with van der Waals surface area (Å²) in [7, 11) is 0. The Morgan fingerprint density at radius 3 is 2.95 bits per heavy atom. The van der Waals surface area contributed by atoms with Gasteiger partial charge in [-0.05, 0) is 30.0 Å². The number of aliphatic carboxylic acids is 1. The van der Waals surface area contributed by atoms with Crippen LogP contribution in [0.15, 0.2) is 18.2 Å². The van der Waals surface area contributed by atoms with Crippen molar-refractivity contribution in [3.8, 4) is 6.07 Å². The maximum Gasteiger partial charge on any atom is 0.306 e. The second-order valence-electron chi connectivity index (χ2n) is 6.03. The number of carboxylic acids is 1. The SMILES string of the molecule is CC(C)C1(CC(=O)O)OCCc2c1[nH]c1cccc(C#N)c21. The highest BCUT2D eigenvalue weighted by atomic mass is 16.5. The zero-order valence-electron chi connectivity index (χ0n) is 12.6. The fourth-order valence-electron chi connectivity index (χ4n) is 3.45. The number of hydrogen-bond acceptors (Lipinski definition) is 3. The zero-order chi connectivity index (χ0) is 15.9. The Hall–Kier alpha value is -2.32. The van der Waals surface area contributed by atoms with E-state index in [0.717, 1.165) is 22.2 Å². The van der Waals surface area contributed by atoms with Crippen LogP contribution < -0.4 is 0 Å². The normalized spacial score (nSPS) is 20.8. The number of nitrogens with one attached hydrogen (secondary N) is 1. The molecule has 3 rings (SSSR count). The van der Waals surface area contributed by atoms with Crippen LogP contribution in [0.2, 0.25) is 0 Å². The standard InChI is InChI=1S/C17H18N2O3/c1-10(2)17(8-14(20)21)16-12(6-7-22-17)15-11(9-18)4-3-5-13(15)19-16/h3-5,10,19H,6-8H2,1-2H3,(H,20,21). The van der Waals surface area contributed by atoms with Gasteiger partial charge in [-0.2, -0.15) is 5.26 Å². The van der Waals surface area contributed by atoms with Crippen molar-refractivity contribution in [2.24, 2.45) is 5.92 Å². The van der Waals surface area contributed by atoms with Gasteiger partial charge in [0.15, 0.2) is 0 Å². The predicted octanol–water partition coefficient (Wildman–Crippen LogP) is 2.94. The van der Waals surface area contributed by atoms with Crippen LogP contribution in [0.3, 0.4) is 0 Å². The van der Waals surface area contributed by atoms with Gasteiger partial charge in [-0.3, -0.25) is 4.79 Å². The molecular formula is C17H18N2O3. The van der Waals surface area contributed by atoms with E-state index in [1.165, 1.54) is 0 Å². The van der Waals surface area contributed by atoms with E-state index in [-0.39, 0.29) is 12.3 Å². The van der Waals surface area contributed by atoms with Crippen LogP contribution in [-0.4, -0.2) is 22.7 Å². The highest BCUT2D eigenvalue weighted by molar-refractivity contribution is 5.90. The van der Waals surface area contributed by atoms with E-state index in [1.807, 2.05) is 26.0 Å². The number of hydrogen-bond donors (Lipinski definition) is 2. The summed E-state index contributed by atoms with van der Waals surface area (Å²) in [5, 5.41) is 19.6. The van der Waals surface area contributed by atoms with Gasteiger partial charge in [0.2, 0.25) is 0 Å². The molecule has 114 valence electrons. The van der Waals surface area contributed by atoms with Crippen molar-refractivity contribution >= 4 is 16.9 Å². The molecular weight excluding hydrogens is 280 g/mol. The second-order valence-corrected chi connectivity index (χ2v) is 6.03. The summed E-state index contributed by atoms with van der Waals surface area (Å²) < 4.78 is 5.97. The quantitative estimate of drug-likeness (QED) is 0.912. The molecule has 0 amide bonds. The number of fused-ring (bicyclic) bond motifs is 3. The smallest absolute Gasteiger partial charge is 0.306 e. The van der Waals surface area contributed by atoms with Crippen molar-refractivity contribution < 1.29 is 14.6 Å². The molecule has 0 aliphatic carbocycles. The number of aromatic amines is 1. The summed E-state index contributed by atoms with van der Waals surface area (Å²) >= 11 is 0. The van der Waals surface area contributed by atoms with Crippen molar-refractivity contribution in [3.63, 3.8) is 0 Å². The lowest BCUT2D eigenvalue weighted by molar-refractivity contribution is -0.154. The molecule has 2 aromatic rings. The van der Waals surface area contributed by atoms with E-state index in [2.05, 4.69) is 11.1 Å². The molecule has 0 saturated heterocycles. The minimum Gasteiger partial charge on any atom is -0.481 e. The Balaban J connectivity index is 2.31. The van der Waals surface area contributed by atoms with E-state index < -0.39 is 11.6 Å². The predicted molar refractivity (Wildman–Crippen MR) is 81.4 cm³/mol. The number of carbonyl (C=O) groups is 1. The van der Waals surface area contributed by atoms with Crippen molar-refractivity contribution in [1.29, 1.82) is 5.26 Å². The fraction of sp³-hybridized carbons (Fsp3) is 0.412. The van der Waals surface area contributed by atoms with Crippen molar-refractivity contribution in [2.75, 3.05) is 6.61 Å². The first-order valence-corrected chi connectivity index (χ1v) is 7.39. The lowest BCUT2D eigenvalue weighted by Gasteiger charge is -2.39. The van der Waals surface area contributed by atoms with E-state index in [9.17, 15) is 15.2 Å². The molecule has 2 heterocycles. The number of rotatable bonds is 3. The van der Waals surface area contributed by atoms with Gasteiger partial charge in [0.1, 0.15) is 5.60 Å². The average molecular weight is 298 g/mol. The molecule has 1 aliphatic rings. The number of ether oxygens (including phenoxy) is 1. The molecule has 0 spiro atoms. The molecule has 1 atom stereocenters. The molecule has 0 fully saturated rings. The Kier molecular flexibility index (Phi) is 3.42. The first kappa shape index (κ1) is 14.6. The maximum absolute atomic E-state index is 11.4. The topological polar surface area (TPSA) is 86.1 Å². The summed E-state index contributed by atoms with van der Waals surface area (Å²) in [4.78, 5) is 14.7. The molecule has 0 radical (unpaired) electrons. The number of nitrogens with zero attached hydrogens (tertiary/aromatic N) is 1. The number of benzene rings is 1. The number of nitriles is 1. The third kappa shape index (κ3) is 1.99. The van der Waals surface area contributed by atoms with Crippen LogP contribution in [0.5, 0.6) is 0 Å². The first-order valence-electron chi connectivity index (χ1n) is 7.39. The lowest BCUT2D eigenvalue weighted by atomic mass is 9.79. The van der Waals surface area contributed by atoms with E-state index in [4.69, 9.17) is 4.74 Å². The Bertz CT molecular complexity index is 785. The van der Waals surface area contributed by atoms with Crippen molar-refractivity contribution in [2.45, 2.75) is 32.3 Å². The van der Waals surface area contributed by atoms with Crippen molar-refractivity contribution in [1.82, 2.24) is 4.98 Å². The van der Waals surface area contributed by atoms with Crippen LogP contribution in [0.4, 0.5) is 0 Å². The van der Waals surface area contributed by atoms with Crippen LogP contribution in [0, 0.1) is 17.2 Å². The van der Waals surface area contributed by atoms with E-state index >= 15 is 0 Å². The molecule has 0 saturated carbocycles. The fourth-order valence-corrected chi connectivity index (χ4v) is 3.45. The second kappa shape index (κ2) is 5.15. The summed E-state index contributed by atoms with van der Waals surface area (Å²) in [5.74, 6) is -0.887. The third-order valence-corrected chi connectivity index (χ3v) is 4.53. The van der Waals surface area contributed by atoms with Crippen LogP contribution in [-0.2, 0) is 21.6 Å². The van der Waals surface area contributed by atoms with Gasteiger partial charge >= 0.3 is 5.97 Å². The molecule has 2 N–H and O–H groups in total. The van der Waals surface area contributed by atoms with Gasteiger partial charge in [0.05, 0.1) is 30.4 Å². The Morgan fingerprint density at radius 2 is 2.32 bits per heavy atom. The van der Waals surface area contributed by atoms with Gasteiger partial charge < -0.3 is 14.8 Å². The minimum atomic E-state index is -0.888. The highest BCUT2D eigenvalue weighted by Gasteiger charge is 2.45. The Morgan fingerprint density at radius 1 is 1.55 bits per heavy atom. The van der Waals surface area contributed by atoms with E-state index in [1.54, 1.807) is 6.07 Å². The van der Waals surface area contributed by atoms with Crippen LogP contribution in [0.1, 0.15) is 37.1 Å². The molecule has 1 aromatic heterocycles. The number of H-pyrrole nitrogens is 1. The first-order chi connectivity index (χ1) is 10.5. The van der Waals surface area contributed by atoms with Gasteiger partial charge in [-0.15, -0.1) is 0 Å². The zero-order valence-corrected chi connectivity index (χ0v) is 12.6. The number of aromatic nitrogens is 1. The molecule has 22 heavy (non-hydrogen) atoms. The van der Waals surface area contributed by atoms with Gasteiger partial charge in [-0.1, -0.05) is 19.9 Å². The third-order valence-electron chi connectivity index (χ3n) is 4.53. The molecule has 5 heteroatoms. The maximum atomic E-state index is 11.4. The monoisotopic (exact) mass is 298 g/mol. The van der Waals surface area contributed by atoms with Gasteiger partial charge in [-0.25, -0.2) is 0 Å². The molecule has 1 aromatic carbocycles. The lowest BCUT2D eigenvalue weighted by Crippen LogP contribution is -2.42. The van der Waals surface area contributed by atoms with Crippen molar-refractivity contribution in [3.05, 3.63) is 35.0 Å². The summed E-state index contributed by atoms with van der Waals surface area (Å²) in [6, 6.07) is 7.77. The highest BCUT2D eigenvalue weighted by Crippen LogP contribution is 2.44. The number of carboxylic acid groups (broad SMARTS) is 1. The van der Waals surface area contributed by atoms with E-state index in [0.29, 0.717) is 18.6 Å². The van der Waals surface area contributed by atoms with Crippen LogP contribution >= 0.6 is 0 Å². The largest absolute Gasteiger partial charge is 0.481 e. The Labute approximate surface area is 128 Å². The summed E-state index contributed by atoms with van der Waals surface area (Å²) in [5.41, 5.74) is 2.45. The minimum absolute atomic E-state index is 0.00116. The average Bonchev–Trinajstić information content (AvgIpc) is 2.86.